The molecule has 0 radical (unpaired) electrons. The second-order valence-corrected chi connectivity index (χ2v) is 8.87. The minimum Gasteiger partial charge on any atom is -0.481 e. The number of carbonyl (C=O) groups is 1. The number of carboxylic acid groups (broad SMARTS) is 1. The summed E-state index contributed by atoms with van der Waals surface area (Å²) in [6.45, 7) is 0. The Labute approximate surface area is 183 Å². The number of nitrogens with one attached hydrogen (secondary N) is 2. The molecule has 3 heterocycles. The molecule has 3 fully saturated rings. The summed E-state index contributed by atoms with van der Waals surface area (Å²) in [5, 5.41) is 14.9. The van der Waals surface area contributed by atoms with Crippen LogP contribution in [0.4, 0.5) is 10.2 Å². The Balaban J connectivity index is 1.48. The van der Waals surface area contributed by atoms with Crippen molar-refractivity contribution < 1.29 is 14.3 Å². The molecule has 3 aliphatic rings. The number of pyridine rings is 1. The first-order valence-corrected chi connectivity index (χ1v) is 11.0. The van der Waals surface area contributed by atoms with Gasteiger partial charge >= 0.3 is 5.97 Å². The zero-order valence-electron chi connectivity index (χ0n) is 17.3. The maximum Gasteiger partial charge on any atom is 0.308 e. The molecule has 162 valence electrons. The number of carboxylic acids is 1. The zero-order chi connectivity index (χ0) is 21.8. The lowest BCUT2D eigenvalue weighted by Crippen LogP contribution is -2.51. The highest BCUT2D eigenvalue weighted by Gasteiger charge is 2.47. The SMILES string of the molecule is O=C(O)C1C2CCC(CC2)[C@H]1Nc1nc(-c2c[nH]c3ncc(F)cc23)nc2ccccc12. The van der Waals surface area contributed by atoms with E-state index in [0.29, 0.717) is 34.2 Å². The number of nitrogens with zero attached hydrogens (tertiary/aromatic N) is 3. The van der Waals surface area contributed by atoms with Gasteiger partial charge in [0, 0.05) is 28.6 Å². The van der Waals surface area contributed by atoms with E-state index in [0.717, 1.165) is 36.6 Å². The quantitative estimate of drug-likeness (QED) is 0.436. The second kappa shape index (κ2) is 7.25. The first kappa shape index (κ1) is 19.2. The van der Waals surface area contributed by atoms with Gasteiger partial charge in [0.25, 0.3) is 0 Å². The number of para-hydroxylation sites is 1. The summed E-state index contributed by atoms with van der Waals surface area (Å²) in [5.74, 6) is -0.0274. The van der Waals surface area contributed by atoms with Crippen molar-refractivity contribution in [1.29, 1.82) is 0 Å². The molecule has 0 amide bonds. The zero-order valence-corrected chi connectivity index (χ0v) is 17.3. The Bertz CT molecular complexity index is 1340. The topological polar surface area (TPSA) is 104 Å². The Hall–Kier alpha value is -3.55. The van der Waals surface area contributed by atoms with Crippen LogP contribution in [0.3, 0.4) is 0 Å². The predicted octanol–water partition coefficient (Wildman–Crippen LogP) is 4.61. The molecule has 1 unspecified atom stereocenters. The van der Waals surface area contributed by atoms with Crippen molar-refractivity contribution in [3.63, 3.8) is 0 Å². The summed E-state index contributed by atoms with van der Waals surface area (Å²) >= 11 is 0. The van der Waals surface area contributed by atoms with Gasteiger partial charge in [0.15, 0.2) is 5.82 Å². The van der Waals surface area contributed by atoms with E-state index in [2.05, 4.69) is 15.3 Å². The molecular formula is C24H22FN5O2. The van der Waals surface area contributed by atoms with Crippen LogP contribution in [0.25, 0.3) is 33.3 Å². The van der Waals surface area contributed by atoms with Crippen molar-refractivity contribution in [1.82, 2.24) is 19.9 Å². The first-order valence-electron chi connectivity index (χ1n) is 11.0. The molecule has 1 aromatic carbocycles. The van der Waals surface area contributed by atoms with Crippen molar-refractivity contribution in [2.75, 3.05) is 5.32 Å². The number of aliphatic carboxylic acids is 1. The molecule has 2 atom stereocenters. The largest absolute Gasteiger partial charge is 0.481 e. The number of halogens is 1. The Morgan fingerprint density at radius 1 is 1.09 bits per heavy atom. The Kier molecular flexibility index (Phi) is 4.34. The number of hydrogen-bond donors (Lipinski definition) is 3. The third-order valence-corrected chi connectivity index (χ3v) is 7.15. The normalized spacial score (nSPS) is 24.8. The monoisotopic (exact) mass is 431 g/mol. The number of anilines is 1. The molecule has 3 N–H and O–H groups in total. The molecule has 0 saturated heterocycles. The predicted molar refractivity (Wildman–Crippen MR) is 119 cm³/mol. The van der Waals surface area contributed by atoms with Crippen LogP contribution < -0.4 is 5.32 Å². The highest BCUT2D eigenvalue weighted by atomic mass is 19.1. The van der Waals surface area contributed by atoms with Gasteiger partial charge in [-0.1, -0.05) is 12.1 Å². The lowest BCUT2D eigenvalue weighted by atomic mass is 9.61. The highest BCUT2D eigenvalue weighted by Crippen LogP contribution is 2.46. The number of rotatable bonds is 4. The van der Waals surface area contributed by atoms with Crippen LogP contribution in [-0.4, -0.2) is 37.1 Å². The van der Waals surface area contributed by atoms with Gasteiger partial charge in [0.2, 0.25) is 0 Å². The fraction of sp³-hybridized carbons (Fsp3) is 0.333. The summed E-state index contributed by atoms with van der Waals surface area (Å²) in [4.78, 5) is 28.8. The van der Waals surface area contributed by atoms with Crippen molar-refractivity contribution in [2.45, 2.75) is 31.7 Å². The maximum atomic E-state index is 13.9. The van der Waals surface area contributed by atoms with E-state index in [9.17, 15) is 14.3 Å². The summed E-state index contributed by atoms with van der Waals surface area (Å²) in [5.41, 5.74) is 1.95. The number of benzene rings is 1. The lowest BCUT2D eigenvalue weighted by molar-refractivity contribution is -0.148. The molecule has 7 nitrogen and oxygen atoms in total. The molecule has 3 saturated carbocycles. The molecule has 0 spiro atoms. The van der Waals surface area contributed by atoms with E-state index in [-0.39, 0.29) is 12.0 Å². The van der Waals surface area contributed by atoms with Gasteiger partial charge in [-0.25, -0.2) is 19.3 Å². The van der Waals surface area contributed by atoms with E-state index in [1.165, 1.54) is 12.3 Å². The minimum absolute atomic E-state index is 0.173. The van der Waals surface area contributed by atoms with E-state index in [1.807, 2.05) is 24.3 Å². The molecule has 2 bridgehead atoms. The van der Waals surface area contributed by atoms with Crippen LogP contribution in [0.2, 0.25) is 0 Å². The molecule has 7 rings (SSSR count). The lowest BCUT2D eigenvalue weighted by Gasteiger charge is -2.47. The molecule has 8 heteroatoms. The number of aromatic amines is 1. The average Bonchev–Trinajstić information content (AvgIpc) is 3.22. The Morgan fingerprint density at radius 3 is 2.69 bits per heavy atom. The van der Waals surface area contributed by atoms with Crippen LogP contribution in [0.5, 0.6) is 0 Å². The average molecular weight is 431 g/mol. The van der Waals surface area contributed by atoms with Gasteiger partial charge in [-0.15, -0.1) is 0 Å². The van der Waals surface area contributed by atoms with E-state index >= 15 is 0 Å². The van der Waals surface area contributed by atoms with Crippen LogP contribution in [-0.2, 0) is 4.79 Å². The number of aromatic nitrogens is 4. The van der Waals surface area contributed by atoms with Crippen LogP contribution >= 0.6 is 0 Å². The molecule has 4 aromatic rings. The standard InChI is InChI=1S/C24H22FN5O2/c25-14-9-16-17(11-27-21(16)26-10-14)23-28-18-4-2-1-3-15(18)22(30-23)29-20-13-7-5-12(6-8-13)19(20)24(31)32/h1-4,9-13,19-20H,5-8H2,(H,26,27)(H,31,32)(H,28,29,30)/t12?,13?,19?,20-/m1/s1. The van der Waals surface area contributed by atoms with E-state index < -0.39 is 17.7 Å². The summed E-state index contributed by atoms with van der Waals surface area (Å²) in [7, 11) is 0. The van der Waals surface area contributed by atoms with Crippen LogP contribution in [0.15, 0.2) is 42.7 Å². The van der Waals surface area contributed by atoms with E-state index in [4.69, 9.17) is 9.97 Å². The number of hydrogen-bond acceptors (Lipinski definition) is 5. The summed E-state index contributed by atoms with van der Waals surface area (Å²) in [6.07, 6.45) is 6.92. The maximum absolute atomic E-state index is 13.9. The summed E-state index contributed by atoms with van der Waals surface area (Å²) < 4.78 is 13.9. The van der Waals surface area contributed by atoms with Gasteiger partial charge in [0.1, 0.15) is 17.3 Å². The van der Waals surface area contributed by atoms with Crippen LogP contribution in [0, 0.1) is 23.6 Å². The van der Waals surface area contributed by atoms with Gasteiger partial charge in [0.05, 0.1) is 17.6 Å². The van der Waals surface area contributed by atoms with Crippen molar-refractivity contribution in [3.05, 3.63) is 48.5 Å². The van der Waals surface area contributed by atoms with Crippen molar-refractivity contribution in [2.24, 2.45) is 17.8 Å². The van der Waals surface area contributed by atoms with Gasteiger partial charge in [-0.3, -0.25) is 4.79 Å². The smallest absolute Gasteiger partial charge is 0.308 e. The molecule has 3 aromatic heterocycles. The minimum atomic E-state index is -0.742. The van der Waals surface area contributed by atoms with Gasteiger partial charge < -0.3 is 15.4 Å². The highest BCUT2D eigenvalue weighted by molar-refractivity contribution is 5.95. The summed E-state index contributed by atoms with van der Waals surface area (Å²) in [6, 6.07) is 8.91. The van der Waals surface area contributed by atoms with Crippen molar-refractivity contribution in [3.8, 4) is 11.4 Å². The third kappa shape index (κ3) is 3.01. The Morgan fingerprint density at radius 2 is 1.88 bits per heavy atom. The fourth-order valence-electron chi connectivity index (χ4n) is 5.64. The van der Waals surface area contributed by atoms with Gasteiger partial charge in [-0.2, -0.15) is 0 Å². The molecular weight excluding hydrogens is 409 g/mol. The molecule has 32 heavy (non-hydrogen) atoms. The van der Waals surface area contributed by atoms with Crippen molar-refractivity contribution >= 4 is 33.7 Å². The first-order chi connectivity index (χ1) is 15.6. The fourth-order valence-corrected chi connectivity index (χ4v) is 5.64. The van der Waals surface area contributed by atoms with E-state index in [1.54, 1.807) is 6.20 Å². The molecule has 0 aliphatic heterocycles. The van der Waals surface area contributed by atoms with Gasteiger partial charge in [-0.05, 0) is 55.7 Å². The van der Waals surface area contributed by atoms with Crippen LogP contribution in [0.1, 0.15) is 25.7 Å². The number of fused-ring (bicyclic) bond motifs is 5. The number of H-pyrrole nitrogens is 1. The second-order valence-electron chi connectivity index (χ2n) is 8.87. The molecule has 3 aliphatic carbocycles. The third-order valence-electron chi connectivity index (χ3n) is 7.15.